The fourth-order valence-corrected chi connectivity index (χ4v) is 3.99. The highest BCUT2D eigenvalue weighted by Crippen LogP contribution is 2.33. The molecule has 1 saturated heterocycles. The number of hydrogen-bond acceptors (Lipinski definition) is 2. The van der Waals surface area contributed by atoms with Crippen LogP contribution < -0.4 is 5.32 Å². The molecule has 2 heterocycles. The van der Waals surface area contributed by atoms with Gasteiger partial charge in [-0.2, -0.15) is 0 Å². The highest BCUT2D eigenvalue weighted by Gasteiger charge is 2.24. The number of likely N-dealkylation sites (tertiary alicyclic amines) is 1. The van der Waals surface area contributed by atoms with Gasteiger partial charge in [0.25, 0.3) is 0 Å². The topological polar surface area (TPSA) is 48.1 Å². The Morgan fingerprint density at radius 2 is 2.00 bits per heavy atom. The Morgan fingerprint density at radius 1 is 1.22 bits per heavy atom. The minimum Gasteiger partial charge on any atom is -0.361 e. The highest BCUT2D eigenvalue weighted by atomic mass is 35.5. The lowest BCUT2D eigenvalue weighted by atomic mass is 9.89. The summed E-state index contributed by atoms with van der Waals surface area (Å²) in [5, 5.41) is 4.29. The van der Waals surface area contributed by atoms with Crippen molar-refractivity contribution in [1.29, 1.82) is 0 Å². The number of nitrogens with one attached hydrogen (secondary N) is 2. The van der Waals surface area contributed by atoms with Crippen LogP contribution in [-0.4, -0.2) is 35.4 Å². The zero-order valence-electron chi connectivity index (χ0n) is 14.8. The molecule has 0 atom stereocenters. The Balaban J connectivity index is 1.34. The van der Waals surface area contributed by atoms with Gasteiger partial charge in [-0.05, 0) is 61.7 Å². The Hall–Kier alpha value is -2.37. The van der Waals surface area contributed by atoms with E-state index in [0.717, 1.165) is 31.4 Å². The maximum Gasteiger partial charge on any atom is 0.238 e. The van der Waals surface area contributed by atoms with Gasteiger partial charge in [-0.3, -0.25) is 9.69 Å². The average molecular weight is 386 g/mol. The van der Waals surface area contributed by atoms with Crippen LogP contribution in [0.3, 0.4) is 0 Å². The lowest BCUT2D eigenvalue weighted by Crippen LogP contribution is -2.38. The molecular formula is C21H21ClFN3O. The summed E-state index contributed by atoms with van der Waals surface area (Å²) in [7, 11) is 0. The molecule has 4 nitrogen and oxygen atoms in total. The maximum absolute atomic E-state index is 13.8. The van der Waals surface area contributed by atoms with Gasteiger partial charge in [0, 0.05) is 22.1 Å². The number of fused-ring (bicyclic) bond motifs is 1. The zero-order valence-corrected chi connectivity index (χ0v) is 15.6. The van der Waals surface area contributed by atoms with E-state index >= 15 is 0 Å². The van der Waals surface area contributed by atoms with Crippen molar-refractivity contribution in [2.45, 2.75) is 18.8 Å². The summed E-state index contributed by atoms with van der Waals surface area (Å²) in [5.74, 6) is -0.210. The standard InChI is InChI=1S/C21H21ClFN3O/c22-15-5-6-18(23)20(11-15)25-21(27)13-26-9-7-14(8-10-26)17-12-24-19-4-2-1-3-16(17)19/h1-6,11-12,14,24H,7-10,13H2,(H,25,27). The third-order valence-electron chi connectivity index (χ3n) is 5.22. The van der Waals surface area contributed by atoms with Crippen molar-refractivity contribution in [3.8, 4) is 0 Å². The van der Waals surface area contributed by atoms with E-state index in [1.807, 2.05) is 6.07 Å². The number of hydrogen-bond donors (Lipinski definition) is 2. The first-order valence-electron chi connectivity index (χ1n) is 9.13. The van der Waals surface area contributed by atoms with E-state index in [1.54, 1.807) is 0 Å². The SMILES string of the molecule is O=C(CN1CCC(c2c[nH]c3ccccc23)CC1)Nc1cc(Cl)ccc1F. The smallest absolute Gasteiger partial charge is 0.238 e. The van der Waals surface area contributed by atoms with Gasteiger partial charge < -0.3 is 10.3 Å². The molecule has 0 unspecified atom stereocenters. The van der Waals surface area contributed by atoms with Crippen LogP contribution >= 0.6 is 11.6 Å². The number of carbonyl (C=O) groups is 1. The van der Waals surface area contributed by atoms with Crippen molar-refractivity contribution in [2.75, 3.05) is 25.0 Å². The van der Waals surface area contributed by atoms with Crippen LogP contribution in [0.5, 0.6) is 0 Å². The Bertz CT molecular complexity index is 963. The molecule has 0 bridgehead atoms. The lowest BCUT2D eigenvalue weighted by molar-refractivity contribution is -0.117. The summed E-state index contributed by atoms with van der Waals surface area (Å²) in [6, 6.07) is 12.5. The molecule has 6 heteroatoms. The van der Waals surface area contributed by atoms with Crippen molar-refractivity contribution >= 4 is 34.1 Å². The van der Waals surface area contributed by atoms with Gasteiger partial charge in [0.05, 0.1) is 12.2 Å². The number of aromatic amines is 1. The first kappa shape index (κ1) is 18.0. The second kappa shape index (κ2) is 7.71. The normalized spacial score (nSPS) is 15.9. The molecule has 4 rings (SSSR count). The monoisotopic (exact) mass is 385 g/mol. The molecule has 1 aromatic heterocycles. The molecule has 1 fully saturated rings. The van der Waals surface area contributed by atoms with Crippen molar-refractivity contribution in [1.82, 2.24) is 9.88 Å². The van der Waals surface area contributed by atoms with Crippen LogP contribution in [0.2, 0.25) is 5.02 Å². The average Bonchev–Trinajstić information content (AvgIpc) is 3.09. The molecular weight excluding hydrogens is 365 g/mol. The van der Waals surface area contributed by atoms with Crippen LogP contribution in [-0.2, 0) is 4.79 Å². The molecule has 0 aliphatic carbocycles. The predicted molar refractivity (Wildman–Crippen MR) is 107 cm³/mol. The summed E-state index contributed by atoms with van der Waals surface area (Å²) in [5.41, 5.74) is 2.65. The van der Waals surface area contributed by atoms with E-state index in [2.05, 4.69) is 39.6 Å². The minimum absolute atomic E-state index is 0.126. The number of nitrogens with zero attached hydrogens (tertiary/aromatic N) is 1. The van der Waals surface area contributed by atoms with Crippen molar-refractivity contribution in [3.05, 3.63) is 65.1 Å². The van der Waals surface area contributed by atoms with E-state index in [1.165, 1.54) is 29.1 Å². The van der Waals surface area contributed by atoms with Crippen LogP contribution in [0.25, 0.3) is 10.9 Å². The molecule has 2 aromatic carbocycles. The summed E-state index contributed by atoms with van der Waals surface area (Å²) in [4.78, 5) is 17.7. The number of rotatable bonds is 4. The molecule has 0 radical (unpaired) electrons. The van der Waals surface area contributed by atoms with Crippen molar-refractivity contribution in [2.24, 2.45) is 0 Å². The first-order chi connectivity index (χ1) is 13.1. The number of benzene rings is 2. The number of H-pyrrole nitrogens is 1. The van der Waals surface area contributed by atoms with Gasteiger partial charge in [0.1, 0.15) is 5.82 Å². The number of aromatic nitrogens is 1. The van der Waals surface area contributed by atoms with Gasteiger partial charge in [-0.15, -0.1) is 0 Å². The number of anilines is 1. The van der Waals surface area contributed by atoms with E-state index in [9.17, 15) is 9.18 Å². The molecule has 3 aromatic rings. The number of halogens is 2. The van der Waals surface area contributed by atoms with Gasteiger partial charge >= 0.3 is 0 Å². The molecule has 2 N–H and O–H groups in total. The van der Waals surface area contributed by atoms with E-state index < -0.39 is 5.82 Å². The quantitative estimate of drug-likeness (QED) is 0.679. The van der Waals surface area contributed by atoms with Crippen molar-refractivity contribution in [3.63, 3.8) is 0 Å². The fourth-order valence-electron chi connectivity index (χ4n) is 3.82. The Kier molecular flexibility index (Phi) is 5.14. The van der Waals surface area contributed by atoms with Crippen molar-refractivity contribution < 1.29 is 9.18 Å². The van der Waals surface area contributed by atoms with E-state index in [4.69, 9.17) is 11.6 Å². The molecule has 27 heavy (non-hydrogen) atoms. The molecule has 0 spiro atoms. The summed E-state index contributed by atoms with van der Waals surface area (Å²) < 4.78 is 13.8. The fraction of sp³-hybridized carbons (Fsp3) is 0.286. The largest absolute Gasteiger partial charge is 0.361 e. The Labute approximate surface area is 162 Å². The molecule has 0 saturated carbocycles. The van der Waals surface area contributed by atoms with Crippen LogP contribution in [0.15, 0.2) is 48.7 Å². The third-order valence-corrected chi connectivity index (χ3v) is 5.45. The van der Waals surface area contributed by atoms with Gasteiger partial charge in [0.15, 0.2) is 0 Å². The Morgan fingerprint density at radius 3 is 2.81 bits per heavy atom. The summed E-state index contributed by atoms with van der Waals surface area (Å²) in [6.07, 6.45) is 4.11. The van der Waals surface area contributed by atoms with Crippen LogP contribution in [0.1, 0.15) is 24.3 Å². The zero-order chi connectivity index (χ0) is 18.8. The maximum atomic E-state index is 13.8. The third kappa shape index (κ3) is 3.99. The van der Waals surface area contributed by atoms with Gasteiger partial charge in [0.2, 0.25) is 5.91 Å². The van der Waals surface area contributed by atoms with Crippen LogP contribution in [0, 0.1) is 5.82 Å². The molecule has 1 aliphatic heterocycles. The first-order valence-corrected chi connectivity index (χ1v) is 9.51. The number of para-hydroxylation sites is 1. The predicted octanol–water partition coefficient (Wildman–Crippen LogP) is 4.78. The van der Waals surface area contributed by atoms with Crippen LogP contribution in [0.4, 0.5) is 10.1 Å². The molecule has 140 valence electrons. The van der Waals surface area contributed by atoms with Gasteiger partial charge in [-0.1, -0.05) is 29.8 Å². The lowest BCUT2D eigenvalue weighted by Gasteiger charge is -2.31. The van der Waals surface area contributed by atoms with E-state index in [-0.39, 0.29) is 18.1 Å². The molecule has 1 aliphatic rings. The number of piperidine rings is 1. The second-order valence-corrected chi connectivity index (χ2v) is 7.45. The second-order valence-electron chi connectivity index (χ2n) is 7.01. The van der Waals surface area contributed by atoms with E-state index in [0.29, 0.717) is 10.9 Å². The number of carbonyl (C=O) groups excluding carboxylic acids is 1. The number of amides is 1. The molecule has 1 amide bonds. The summed E-state index contributed by atoms with van der Waals surface area (Å²) in [6.45, 7) is 1.94. The summed E-state index contributed by atoms with van der Waals surface area (Å²) >= 11 is 5.87. The highest BCUT2D eigenvalue weighted by molar-refractivity contribution is 6.30. The minimum atomic E-state index is -0.481. The van der Waals surface area contributed by atoms with Gasteiger partial charge in [-0.25, -0.2) is 4.39 Å².